The molecule has 0 aliphatic carbocycles. The van der Waals surface area contributed by atoms with E-state index >= 15 is 0 Å². The summed E-state index contributed by atoms with van der Waals surface area (Å²) in [5.74, 6) is -2.51. The van der Waals surface area contributed by atoms with Gasteiger partial charge in [0.05, 0.1) is 6.61 Å². The molecule has 164 valence electrons. The lowest BCUT2D eigenvalue weighted by molar-refractivity contribution is -0.137. The predicted molar refractivity (Wildman–Crippen MR) is 105 cm³/mol. The number of halogens is 2. The van der Waals surface area contributed by atoms with Gasteiger partial charge in [0.15, 0.2) is 0 Å². The Morgan fingerprint density at radius 2 is 1.93 bits per heavy atom. The highest BCUT2D eigenvalue weighted by Crippen LogP contribution is 2.26. The van der Waals surface area contributed by atoms with Gasteiger partial charge in [-0.05, 0) is 25.5 Å². The maximum atomic E-state index is 13.6. The summed E-state index contributed by atoms with van der Waals surface area (Å²) in [6, 6.07) is 2.61. The van der Waals surface area contributed by atoms with Gasteiger partial charge in [-0.15, -0.1) is 0 Å². The fourth-order valence-corrected chi connectivity index (χ4v) is 4.25. The van der Waals surface area contributed by atoms with Crippen LogP contribution in [0, 0.1) is 17.6 Å². The van der Waals surface area contributed by atoms with E-state index in [2.05, 4.69) is 10.6 Å². The topological polar surface area (TPSA) is 91.0 Å². The number of hydrogen-bond donors (Lipinski definition) is 2. The Morgan fingerprint density at radius 1 is 1.27 bits per heavy atom. The van der Waals surface area contributed by atoms with Crippen LogP contribution in [-0.2, 0) is 14.3 Å². The molecule has 1 aromatic carbocycles. The normalized spacial score (nSPS) is 25.2. The van der Waals surface area contributed by atoms with Crippen molar-refractivity contribution in [1.29, 1.82) is 0 Å². The van der Waals surface area contributed by atoms with Gasteiger partial charge >= 0.3 is 6.03 Å². The van der Waals surface area contributed by atoms with Crippen LogP contribution in [0.3, 0.4) is 0 Å². The standard InChI is InChI=1S/C20H26F2N4O4/c1-12(9-20(11-30-3)18(28)23-19(29)24-20)17(27)25-4-5-26(13(2)10-25)16-7-14(21)6-15(22)8-16/h6-8,12-13H,4-5,9-11H2,1-3H3,(H2,23,24,28,29)/t12?,13-,20?/m0/s1. The van der Waals surface area contributed by atoms with Crippen LogP contribution in [0.2, 0.25) is 0 Å². The van der Waals surface area contributed by atoms with Crippen LogP contribution in [0.4, 0.5) is 19.3 Å². The highest BCUT2D eigenvalue weighted by Gasteiger charge is 2.48. The number of piperazine rings is 1. The zero-order valence-corrected chi connectivity index (χ0v) is 17.2. The smallest absolute Gasteiger partial charge is 0.322 e. The molecule has 3 rings (SSSR count). The first-order valence-electron chi connectivity index (χ1n) is 9.79. The van der Waals surface area contributed by atoms with Crippen molar-refractivity contribution in [2.75, 3.05) is 38.3 Å². The zero-order chi connectivity index (χ0) is 22.1. The van der Waals surface area contributed by atoms with Crippen molar-refractivity contribution in [1.82, 2.24) is 15.5 Å². The van der Waals surface area contributed by atoms with E-state index in [-0.39, 0.29) is 25.0 Å². The second kappa shape index (κ2) is 8.55. The molecule has 3 atom stereocenters. The molecule has 2 fully saturated rings. The molecule has 0 bridgehead atoms. The Balaban J connectivity index is 1.66. The fourth-order valence-electron chi connectivity index (χ4n) is 4.25. The maximum absolute atomic E-state index is 13.6. The number of rotatable bonds is 6. The minimum absolute atomic E-state index is 0.0441. The molecule has 2 heterocycles. The minimum atomic E-state index is -1.28. The van der Waals surface area contributed by atoms with Crippen LogP contribution in [0.5, 0.6) is 0 Å². The number of hydrogen-bond acceptors (Lipinski definition) is 5. The average Bonchev–Trinajstić information content (AvgIpc) is 2.93. The molecule has 10 heteroatoms. The summed E-state index contributed by atoms with van der Waals surface area (Å²) in [7, 11) is 1.42. The molecular formula is C20H26F2N4O4. The van der Waals surface area contributed by atoms with Crippen LogP contribution in [0.1, 0.15) is 20.3 Å². The van der Waals surface area contributed by atoms with Crippen LogP contribution in [0.25, 0.3) is 0 Å². The number of ether oxygens (including phenoxy) is 1. The summed E-state index contributed by atoms with van der Waals surface area (Å²) in [6.07, 6.45) is 0.0982. The third-order valence-electron chi connectivity index (χ3n) is 5.60. The second-order valence-electron chi connectivity index (χ2n) is 7.98. The van der Waals surface area contributed by atoms with Crippen LogP contribution in [0.15, 0.2) is 18.2 Å². The monoisotopic (exact) mass is 424 g/mol. The first-order valence-corrected chi connectivity index (χ1v) is 9.79. The Kier molecular flexibility index (Phi) is 6.25. The van der Waals surface area contributed by atoms with Gasteiger partial charge in [0, 0.05) is 50.5 Å². The van der Waals surface area contributed by atoms with Gasteiger partial charge in [-0.2, -0.15) is 0 Å². The lowest BCUT2D eigenvalue weighted by Crippen LogP contribution is -2.57. The molecule has 0 radical (unpaired) electrons. The molecule has 1 aromatic rings. The van der Waals surface area contributed by atoms with Crippen LogP contribution in [-0.4, -0.2) is 67.7 Å². The first-order chi connectivity index (χ1) is 14.1. The fraction of sp³-hybridized carbons (Fsp3) is 0.550. The van der Waals surface area contributed by atoms with E-state index in [0.717, 1.165) is 6.07 Å². The van der Waals surface area contributed by atoms with E-state index in [1.165, 1.54) is 19.2 Å². The maximum Gasteiger partial charge on any atom is 0.322 e. The summed E-state index contributed by atoms with van der Waals surface area (Å²) < 4.78 is 32.2. The number of nitrogens with zero attached hydrogens (tertiary/aromatic N) is 2. The highest BCUT2D eigenvalue weighted by atomic mass is 19.1. The molecule has 2 unspecified atom stereocenters. The zero-order valence-electron chi connectivity index (χ0n) is 17.2. The van der Waals surface area contributed by atoms with E-state index in [1.54, 1.807) is 11.8 Å². The van der Waals surface area contributed by atoms with Crippen LogP contribution < -0.4 is 15.5 Å². The lowest BCUT2D eigenvalue weighted by atomic mass is 9.87. The van der Waals surface area contributed by atoms with Gasteiger partial charge in [0.1, 0.15) is 17.2 Å². The molecule has 0 spiro atoms. The van der Waals surface area contributed by atoms with Crippen molar-refractivity contribution in [2.24, 2.45) is 5.92 Å². The summed E-state index contributed by atoms with van der Waals surface area (Å²) in [4.78, 5) is 40.4. The molecule has 2 saturated heterocycles. The van der Waals surface area contributed by atoms with E-state index in [9.17, 15) is 23.2 Å². The number of nitrogens with one attached hydrogen (secondary N) is 2. The SMILES string of the molecule is COCC1(CC(C)C(=O)N2CCN(c3cc(F)cc(F)c3)[C@@H](C)C2)NC(=O)NC1=O. The minimum Gasteiger partial charge on any atom is -0.382 e. The van der Waals surface area contributed by atoms with Gasteiger partial charge < -0.3 is 19.9 Å². The quantitative estimate of drug-likeness (QED) is 0.671. The number of benzene rings is 1. The molecule has 4 amide bonds. The lowest BCUT2D eigenvalue weighted by Gasteiger charge is -2.42. The van der Waals surface area contributed by atoms with Crippen molar-refractivity contribution in [3.05, 3.63) is 29.8 Å². The number of carbonyl (C=O) groups is 3. The first kappa shape index (κ1) is 21.9. The molecule has 0 aromatic heterocycles. The van der Waals surface area contributed by atoms with Crippen molar-refractivity contribution >= 4 is 23.5 Å². The van der Waals surface area contributed by atoms with Gasteiger partial charge in [0.25, 0.3) is 5.91 Å². The van der Waals surface area contributed by atoms with E-state index in [0.29, 0.717) is 25.3 Å². The summed E-state index contributed by atoms with van der Waals surface area (Å²) in [6.45, 7) is 4.71. The number of methoxy groups -OCH3 is 1. The molecule has 2 N–H and O–H groups in total. The number of imide groups is 1. The summed E-state index contributed by atoms with van der Waals surface area (Å²) in [5, 5.41) is 4.77. The van der Waals surface area contributed by atoms with Gasteiger partial charge in [0.2, 0.25) is 5.91 Å². The van der Waals surface area contributed by atoms with Gasteiger partial charge in [-0.3, -0.25) is 14.9 Å². The van der Waals surface area contributed by atoms with Crippen molar-refractivity contribution in [2.45, 2.75) is 31.8 Å². The molecule has 2 aliphatic rings. The third-order valence-corrected chi connectivity index (χ3v) is 5.60. The number of anilines is 1. The van der Waals surface area contributed by atoms with Gasteiger partial charge in [-0.1, -0.05) is 6.92 Å². The molecule has 30 heavy (non-hydrogen) atoms. The summed E-state index contributed by atoms with van der Waals surface area (Å²) >= 11 is 0. The highest BCUT2D eigenvalue weighted by molar-refractivity contribution is 6.07. The average molecular weight is 424 g/mol. The Bertz CT molecular complexity index is 832. The Morgan fingerprint density at radius 3 is 2.47 bits per heavy atom. The number of urea groups is 1. The van der Waals surface area contributed by atoms with Crippen molar-refractivity contribution in [3.63, 3.8) is 0 Å². The molecule has 8 nitrogen and oxygen atoms in total. The van der Waals surface area contributed by atoms with Gasteiger partial charge in [-0.25, -0.2) is 13.6 Å². The molecule has 0 saturated carbocycles. The number of amides is 4. The molecular weight excluding hydrogens is 398 g/mol. The van der Waals surface area contributed by atoms with E-state index < -0.39 is 35.0 Å². The van der Waals surface area contributed by atoms with Crippen molar-refractivity contribution < 1.29 is 27.9 Å². The second-order valence-corrected chi connectivity index (χ2v) is 7.98. The molecule has 2 aliphatic heterocycles. The Labute approximate surface area is 173 Å². The van der Waals surface area contributed by atoms with Crippen molar-refractivity contribution in [3.8, 4) is 0 Å². The Hall–Kier alpha value is -2.75. The van der Waals surface area contributed by atoms with Crippen LogP contribution >= 0.6 is 0 Å². The van der Waals surface area contributed by atoms with E-state index in [1.807, 2.05) is 11.8 Å². The summed E-state index contributed by atoms with van der Waals surface area (Å²) in [5.41, 5.74) is -0.850. The predicted octanol–water partition coefficient (Wildman–Crippen LogP) is 1.25. The largest absolute Gasteiger partial charge is 0.382 e. The number of carbonyl (C=O) groups excluding carboxylic acids is 3. The third kappa shape index (κ3) is 4.38. The van der Waals surface area contributed by atoms with E-state index in [4.69, 9.17) is 4.74 Å².